The second kappa shape index (κ2) is 7.91. The molecule has 30 heavy (non-hydrogen) atoms. The summed E-state index contributed by atoms with van der Waals surface area (Å²) in [5.41, 5.74) is 0.541. The standard InChI is InChI=1S/C22H28N4O4/c1-25-18(6-7-23-25)21(27)24-17-9-15-11-26(22(28)19-3-2-8-29-19)12-16(15)10-20(17)30-13-14-4-5-14/h2-3,6-8,14-17,20H,4-5,9-13H2,1H3,(H,24,27)/t15-,16+,17-,20-/m0/s1. The number of carbonyl (C=O) groups is 2. The van der Waals surface area contributed by atoms with Crippen LogP contribution in [0.25, 0.3) is 0 Å². The molecule has 1 aliphatic heterocycles. The van der Waals surface area contributed by atoms with Crippen LogP contribution in [0, 0.1) is 17.8 Å². The van der Waals surface area contributed by atoms with Gasteiger partial charge in [-0.05, 0) is 61.6 Å². The van der Waals surface area contributed by atoms with Gasteiger partial charge in [-0.1, -0.05) is 0 Å². The van der Waals surface area contributed by atoms with Crippen molar-refractivity contribution in [3.05, 3.63) is 42.1 Å². The Morgan fingerprint density at radius 2 is 2.03 bits per heavy atom. The number of fused-ring (bicyclic) bond motifs is 1. The molecule has 5 rings (SSSR count). The lowest BCUT2D eigenvalue weighted by Gasteiger charge is -2.38. The Bertz CT molecular complexity index is 904. The second-order valence-electron chi connectivity index (χ2n) is 8.91. The number of carbonyl (C=O) groups excluding carboxylic acids is 2. The van der Waals surface area contributed by atoms with E-state index in [1.54, 1.807) is 36.1 Å². The molecule has 0 aromatic carbocycles. The van der Waals surface area contributed by atoms with Crippen molar-refractivity contribution in [2.24, 2.45) is 24.8 Å². The van der Waals surface area contributed by atoms with E-state index >= 15 is 0 Å². The Kier molecular flexibility index (Phi) is 5.10. The van der Waals surface area contributed by atoms with Crippen molar-refractivity contribution < 1.29 is 18.7 Å². The number of aromatic nitrogens is 2. The van der Waals surface area contributed by atoms with Crippen molar-refractivity contribution in [2.45, 2.75) is 37.8 Å². The Balaban J connectivity index is 1.28. The average Bonchev–Trinajstić information content (AvgIpc) is 3.12. The van der Waals surface area contributed by atoms with Crippen LogP contribution in [0.15, 0.2) is 35.1 Å². The summed E-state index contributed by atoms with van der Waals surface area (Å²) in [6.07, 6.45) is 7.26. The van der Waals surface area contributed by atoms with Crippen LogP contribution in [0.1, 0.15) is 46.7 Å². The van der Waals surface area contributed by atoms with Gasteiger partial charge in [0.15, 0.2) is 5.76 Å². The Morgan fingerprint density at radius 1 is 1.23 bits per heavy atom. The molecule has 2 amide bonds. The summed E-state index contributed by atoms with van der Waals surface area (Å²) < 4.78 is 13.2. The van der Waals surface area contributed by atoms with Crippen molar-refractivity contribution >= 4 is 11.8 Å². The molecule has 3 aliphatic rings. The first kappa shape index (κ1) is 19.4. The molecule has 160 valence electrons. The lowest BCUT2D eigenvalue weighted by molar-refractivity contribution is -0.0212. The maximum Gasteiger partial charge on any atom is 0.289 e. The summed E-state index contributed by atoms with van der Waals surface area (Å²) in [4.78, 5) is 27.4. The van der Waals surface area contributed by atoms with Gasteiger partial charge in [0.2, 0.25) is 0 Å². The molecule has 3 heterocycles. The summed E-state index contributed by atoms with van der Waals surface area (Å²) in [5.74, 6) is 1.60. The highest BCUT2D eigenvalue weighted by Crippen LogP contribution is 2.39. The number of nitrogens with zero attached hydrogens (tertiary/aromatic N) is 3. The van der Waals surface area contributed by atoms with Crippen LogP contribution in [0.3, 0.4) is 0 Å². The lowest BCUT2D eigenvalue weighted by atomic mass is 9.77. The highest BCUT2D eigenvalue weighted by Gasteiger charge is 2.45. The summed E-state index contributed by atoms with van der Waals surface area (Å²) in [5, 5.41) is 7.29. The van der Waals surface area contributed by atoms with Gasteiger partial charge in [0.05, 0.1) is 18.4 Å². The zero-order valence-corrected chi connectivity index (χ0v) is 17.2. The molecule has 8 heteroatoms. The number of amides is 2. The van der Waals surface area contributed by atoms with Gasteiger partial charge in [-0.2, -0.15) is 5.10 Å². The zero-order chi connectivity index (χ0) is 20.7. The molecule has 2 aromatic rings. The van der Waals surface area contributed by atoms with Crippen LogP contribution in [-0.4, -0.2) is 58.3 Å². The van der Waals surface area contributed by atoms with E-state index in [0.717, 1.165) is 26.0 Å². The summed E-state index contributed by atoms with van der Waals surface area (Å²) in [6, 6.07) is 5.11. The van der Waals surface area contributed by atoms with Gasteiger partial charge in [0, 0.05) is 32.9 Å². The maximum absolute atomic E-state index is 12.8. The van der Waals surface area contributed by atoms with Crippen molar-refractivity contribution in [1.29, 1.82) is 0 Å². The topological polar surface area (TPSA) is 89.6 Å². The number of ether oxygens (including phenoxy) is 1. The third-order valence-corrected chi connectivity index (χ3v) is 6.75. The summed E-state index contributed by atoms with van der Waals surface area (Å²) in [7, 11) is 1.77. The fourth-order valence-electron chi connectivity index (χ4n) is 4.85. The normalized spacial score (nSPS) is 28.4. The van der Waals surface area contributed by atoms with Gasteiger partial charge in [0.25, 0.3) is 11.8 Å². The predicted molar refractivity (Wildman–Crippen MR) is 108 cm³/mol. The fourth-order valence-corrected chi connectivity index (χ4v) is 4.85. The molecule has 2 aliphatic carbocycles. The van der Waals surface area contributed by atoms with Crippen molar-refractivity contribution in [2.75, 3.05) is 19.7 Å². The first-order valence-electron chi connectivity index (χ1n) is 10.8. The molecule has 0 radical (unpaired) electrons. The molecule has 4 atom stereocenters. The number of furan rings is 1. The van der Waals surface area contributed by atoms with Gasteiger partial charge < -0.3 is 19.4 Å². The van der Waals surface area contributed by atoms with E-state index < -0.39 is 0 Å². The number of aryl methyl sites for hydroxylation is 1. The Labute approximate surface area is 175 Å². The second-order valence-corrected chi connectivity index (χ2v) is 8.91. The molecule has 8 nitrogen and oxygen atoms in total. The van der Waals surface area contributed by atoms with Gasteiger partial charge in [-0.25, -0.2) is 0 Å². The molecule has 0 bridgehead atoms. The molecule has 0 unspecified atom stereocenters. The molecular formula is C22H28N4O4. The van der Waals surface area contributed by atoms with Crippen LogP contribution in [0.5, 0.6) is 0 Å². The predicted octanol–water partition coefficient (Wildman–Crippen LogP) is 2.09. The van der Waals surface area contributed by atoms with Crippen molar-refractivity contribution in [3.63, 3.8) is 0 Å². The number of hydrogen-bond donors (Lipinski definition) is 1. The number of hydrogen-bond acceptors (Lipinski definition) is 5. The Hall–Kier alpha value is -2.61. The molecule has 2 aromatic heterocycles. The van der Waals surface area contributed by atoms with E-state index in [9.17, 15) is 9.59 Å². The van der Waals surface area contributed by atoms with E-state index in [-0.39, 0.29) is 24.0 Å². The van der Waals surface area contributed by atoms with E-state index in [1.165, 1.54) is 19.1 Å². The third kappa shape index (κ3) is 3.88. The lowest BCUT2D eigenvalue weighted by Crippen LogP contribution is -2.51. The third-order valence-electron chi connectivity index (χ3n) is 6.75. The molecule has 2 saturated carbocycles. The first-order chi connectivity index (χ1) is 14.6. The number of likely N-dealkylation sites (tertiary alicyclic amines) is 1. The fraction of sp³-hybridized carbons (Fsp3) is 0.591. The summed E-state index contributed by atoms with van der Waals surface area (Å²) in [6.45, 7) is 2.17. The SMILES string of the molecule is Cn1nccc1C(=O)N[C@H]1C[C@H]2CN(C(=O)c3ccco3)C[C@H]2C[C@@H]1OCC1CC1. The smallest absolute Gasteiger partial charge is 0.289 e. The molecule has 1 N–H and O–H groups in total. The quantitative estimate of drug-likeness (QED) is 0.785. The first-order valence-corrected chi connectivity index (χ1v) is 10.8. The van der Waals surface area contributed by atoms with E-state index in [0.29, 0.717) is 35.8 Å². The van der Waals surface area contributed by atoms with Crippen LogP contribution < -0.4 is 5.32 Å². The highest BCUT2D eigenvalue weighted by atomic mass is 16.5. The van der Waals surface area contributed by atoms with Crippen molar-refractivity contribution in [3.8, 4) is 0 Å². The maximum atomic E-state index is 12.8. The van der Waals surface area contributed by atoms with E-state index in [1.807, 2.05) is 4.90 Å². The minimum atomic E-state index is -0.125. The largest absolute Gasteiger partial charge is 0.459 e. The minimum Gasteiger partial charge on any atom is -0.459 e. The molecule has 0 spiro atoms. The Morgan fingerprint density at radius 3 is 2.70 bits per heavy atom. The van der Waals surface area contributed by atoms with E-state index in [2.05, 4.69) is 10.4 Å². The summed E-state index contributed by atoms with van der Waals surface area (Å²) >= 11 is 0. The van der Waals surface area contributed by atoms with Gasteiger partial charge in [-0.15, -0.1) is 0 Å². The van der Waals surface area contributed by atoms with Gasteiger partial charge in [0.1, 0.15) is 5.69 Å². The number of rotatable bonds is 6. The number of nitrogens with one attached hydrogen (secondary N) is 1. The minimum absolute atomic E-state index is 0.0253. The average molecular weight is 412 g/mol. The van der Waals surface area contributed by atoms with Crippen molar-refractivity contribution in [1.82, 2.24) is 20.0 Å². The molecule has 3 fully saturated rings. The van der Waals surface area contributed by atoms with E-state index in [4.69, 9.17) is 9.15 Å². The van der Waals surface area contributed by atoms with Crippen LogP contribution in [-0.2, 0) is 11.8 Å². The van der Waals surface area contributed by atoms with Gasteiger partial charge >= 0.3 is 0 Å². The van der Waals surface area contributed by atoms with Gasteiger partial charge in [-0.3, -0.25) is 14.3 Å². The monoisotopic (exact) mass is 412 g/mol. The van der Waals surface area contributed by atoms with Crippen LogP contribution >= 0.6 is 0 Å². The van der Waals surface area contributed by atoms with Crippen LogP contribution in [0.4, 0.5) is 0 Å². The molecule has 1 saturated heterocycles. The highest BCUT2D eigenvalue weighted by molar-refractivity contribution is 5.93. The van der Waals surface area contributed by atoms with Crippen LogP contribution in [0.2, 0.25) is 0 Å². The molecular weight excluding hydrogens is 384 g/mol. The zero-order valence-electron chi connectivity index (χ0n) is 17.2.